The third-order valence-corrected chi connectivity index (χ3v) is 16.0. The molecule has 450 valence electrons. The van der Waals surface area contributed by atoms with Crippen molar-refractivity contribution in [3.63, 3.8) is 0 Å². The number of ether oxygens (including phenoxy) is 2. The number of esters is 2. The number of phosphoric ester groups is 1. The summed E-state index contributed by atoms with van der Waals surface area (Å²) in [6.45, 7) is 4.46. The van der Waals surface area contributed by atoms with Gasteiger partial charge in [-0.2, -0.15) is 0 Å². The molecule has 0 radical (unpaired) electrons. The summed E-state index contributed by atoms with van der Waals surface area (Å²) in [4.78, 5) is 35.7. The van der Waals surface area contributed by atoms with E-state index in [1.807, 2.05) is 21.1 Å². The molecule has 0 aromatic carbocycles. The highest BCUT2D eigenvalue weighted by Gasteiger charge is 2.27. The molecule has 1 N–H and O–H groups in total. The van der Waals surface area contributed by atoms with Crippen molar-refractivity contribution in [1.82, 2.24) is 0 Å². The molecular weight excluding hydrogens is 966 g/mol. The van der Waals surface area contributed by atoms with Crippen LogP contribution in [0, 0.1) is 0 Å². The van der Waals surface area contributed by atoms with Crippen molar-refractivity contribution in [3.05, 3.63) is 24.3 Å². The topological polar surface area (TPSA) is 108 Å². The van der Waals surface area contributed by atoms with Gasteiger partial charge in [-0.05, 0) is 44.9 Å². The molecule has 0 aromatic heterocycles. The third kappa shape index (κ3) is 61.7. The number of phosphoric acid groups is 1. The van der Waals surface area contributed by atoms with Crippen molar-refractivity contribution in [2.24, 2.45) is 0 Å². The maximum absolute atomic E-state index is 12.8. The fraction of sp³-hybridized carbons (Fsp3) is 0.909. The number of hydrogen-bond acceptors (Lipinski definition) is 7. The van der Waals surface area contributed by atoms with Gasteiger partial charge in [-0.1, -0.05) is 301 Å². The molecule has 0 aliphatic rings. The Bertz CT molecular complexity index is 1330. The molecule has 10 heteroatoms. The summed E-state index contributed by atoms with van der Waals surface area (Å²) in [5.74, 6) is -0.789. The van der Waals surface area contributed by atoms with Crippen LogP contribution in [-0.2, 0) is 32.7 Å². The number of unbranched alkanes of at least 4 members (excludes halogenated alkanes) is 44. The molecule has 0 spiro atoms. The van der Waals surface area contributed by atoms with Crippen molar-refractivity contribution < 1.29 is 42.1 Å². The van der Waals surface area contributed by atoms with E-state index < -0.39 is 26.5 Å². The molecule has 0 amide bonds. The Balaban J connectivity index is 3.92. The number of carbonyl (C=O) groups excluding carboxylic acids is 2. The van der Waals surface area contributed by atoms with Gasteiger partial charge in [0.2, 0.25) is 0 Å². The van der Waals surface area contributed by atoms with E-state index in [4.69, 9.17) is 18.5 Å². The molecule has 0 saturated heterocycles. The van der Waals surface area contributed by atoms with Crippen LogP contribution in [0.4, 0.5) is 0 Å². The number of carbonyl (C=O) groups is 2. The van der Waals surface area contributed by atoms with E-state index in [0.717, 1.165) is 51.4 Å². The SMILES string of the molecule is CCCCC/C=C\C/C=C\CCCCCCCCCC(=O)OC(COC(=O)CCCCCCCCCCCCCCCCCCCCCCCCCCCCCCCCCCCCC)COP(=O)(O)OCC[N+](C)(C)C. The summed E-state index contributed by atoms with van der Waals surface area (Å²) in [5, 5.41) is 0. The summed E-state index contributed by atoms with van der Waals surface area (Å²) in [6, 6.07) is 0. The molecule has 0 aliphatic carbocycles. The monoisotopic (exact) mass is 1090 g/mol. The Morgan fingerprint density at radius 1 is 0.408 bits per heavy atom. The van der Waals surface area contributed by atoms with Crippen LogP contribution in [0.2, 0.25) is 0 Å². The van der Waals surface area contributed by atoms with Crippen LogP contribution >= 0.6 is 7.82 Å². The summed E-state index contributed by atoms with van der Waals surface area (Å²) < 4.78 is 34.6. The smallest absolute Gasteiger partial charge is 0.462 e. The van der Waals surface area contributed by atoms with Crippen LogP contribution < -0.4 is 0 Å². The number of allylic oxidation sites excluding steroid dienone is 4. The summed E-state index contributed by atoms with van der Waals surface area (Å²) in [5.41, 5.74) is 0. The van der Waals surface area contributed by atoms with Crippen molar-refractivity contribution >= 4 is 19.8 Å². The zero-order valence-corrected chi connectivity index (χ0v) is 52.2. The van der Waals surface area contributed by atoms with Gasteiger partial charge in [-0.3, -0.25) is 18.6 Å². The predicted octanol–water partition coefficient (Wildman–Crippen LogP) is 20.9. The summed E-state index contributed by atoms with van der Waals surface area (Å²) in [6.07, 6.45) is 71.5. The molecule has 2 unspecified atom stereocenters. The van der Waals surface area contributed by atoms with Gasteiger partial charge in [0.05, 0.1) is 27.7 Å². The van der Waals surface area contributed by atoms with Gasteiger partial charge in [0, 0.05) is 12.8 Å². The first kappa shape index (κ1) is 74.5. The maximum Gasteiger partial charge on any atom is 0.472 e. The Kier molecular flexibility index (Phi) is 57.0. The molecule has 0 fully saturated rings. The van der Waals surface area contributed by atoms with Gasteiger partial charge in [0.25, 0.3) is 0 Å². The van der Waals surface area contributed by atoms with E-state index in [9.17, 15) is 19.0 Å². The molecule has 0 bridgehead atoms. The van der Waals surface area contributed by atoms with Crippen LogP contribution in [0.15, 0.2) is 24.3 Å². The first-order chi connectivity index (χ1) is 37.0. The predicted molar refractivity (Wildman–Crippen MR) is 326 cm³/mol. The number of rotatable bonds is 62. The largest absolute Gasteiger partial charge is 0.472 e. The lowest BCUT2D eigenvalue weighted by Gasteiger charge is -2.24. The number of quaternary nitrogens is 1. The Hall–Kier alpha value is -1.51. The molecule has 0 saturated carbocycles. The normalized spacial score (nSPS) is 13.3. The highest BCUT2D eigenvalue weighted by atomic mass is 31.2. The van der Waals surface area contributed by atoms with E-state index in [0.29, 0.717) is 23.9 Å². The first-order valence-electron chi connectivity index (χ1n) is 33.1. The van der Waals surface area contributed by atoms with E-state index in [-0.39, 0.29) is 25.6 Å². The van der Waals surface area contributed by atoms with Gasteiger partial charge < -0.3 is 18.9 Å². The highest BCUT2D eigenvalue weighted by Crippen LogP contribution is 2.43. The van der Waals surface area contributed by atoms with Crippen LogP contribution in [0.1, 0.15) is 335 Å². The molecule has 76 heavy (non-hydrogen) atoms. The van der Waals surface area contributed by atoms with Crippen molar-refractivity contribution in [3.8, 4) is 0 Å². The standard InChI is InChI=1S/C66H128NO8P/c1-6-8-10-12-14-16-18-20-22-24-25-26-27-28-29-30-31-32-33-34-35-36-37-38-39-40-41-43-44-46-48-50-52-54-56-58-65(68)72-62-64(63-74-76(70,71)73-61-60-67(3,4)5)75-66(69)59-57-55-53-51-49-47-45-42-23-21-19-17-15-13-11-9-7-2/h15,17,21,23,64H,6-14,16,18-20,22,24-63H2,1-5H3/p+1/b17-15-,23-21-. The maximum atomic E-state index is 12.8. The number of hydrogen-bond donors (Lipinski definition) is 1. The number of likely N-dealkylation sites (N-methyl/N-ethyl adjacent to an activating group) is 1. The lowest BCUT2D eigenvalue weighted by atomic mass is 10.0. The average Bonchev–Trinajstić information content (AvgIpc) is 3.38. The highest BCUT2D eigenvalue weighted by molar-refractivity contribution is 7.47. The summed E-state index contributed by atoms with van der Waals surface area (Å²) in [7, 11) is 1.49. The van der Waals surface area contributed by atoms with E-state index in [1.165, 1.54) is 250 Å². The molecule has 2 atom stereocenters. The number of nitrogens with zero attached hydrogens (tertiary/aromatic N) is 1. The van der Waals surface area contributed by atoms with Crippen LogP contribution in [-0.4, -0.2) is 74.9 Å². The zero-order chi connectivity index (χ0) is 55.6. The molecule has 0 rings (SSSR count). The molecule has 0 aliphatic heterocycles. The Morgan fingerprint density at radius 2 is 0.711 bits per heavy atom. The lowest BCUT2D eigenvalue weighted by molar-refractivity contribution is -0.870. The van der Waals surface area contributed by atoms with Gasteiger partial charge in [0.15, 0.2) is 6.10 Å². The van der Waals surface area contributed by atoms with Crippen LogP contribution in [0.5, 0.6) is 0 Å². The second kappa shape index (κ2) is 58.2. The average molecular weight is 1100 g/mol. The van der Waals surface area contributed by atoms with Crippen molar-refractivity contribution in [2.75, 3.05) is 47.5 Å². The van der Waals surface area contributed by atoms with Crippen molar-refractivity contribution in [2.45, 2.75) is 341 Å². The van der Waals surface area contributed by atoms with Gasteiger partial charge in [-0.15, -0.1) is 0 Å². The molecule has 0 aromatic rings. The summed E-state index contributed by atoms with van der Waals surface area (Å²) >= 11 is 0. The zero-order valence-electron chi connectivity index (χ0n) is 51.3. The van der Waals surface area contributed by atoms with Gasteiger partial charge >= 0.3 is 19.8 Å². The fourth-order valence-corrected chi connectivity index (χ4v) is 10.6. The lowest BCUT2D eigenvalue weighted by Crippen LogP contribution is -2.37. The van der Waals surface area contributed by atoms with Gasteiger partial charge in [-0.25, -0.2) is 4.57 Å². The minimum absolute atomic E-state index is 0.0324. The van der Waals surface area contributed by atoms with Crippen LogP contribution in [0.25, 0.3) is 0 Å². The quantitative estimate of drug-likeness (QED) is 0.0211. The Morgan fingerprint density at radius 3 is 1.07 bits per heavy atom. The minimum atomic E-state index is -4.39. The fourth-order valence-electron chi connectivity index (χ4n) is 9.87. The second-order valence-electron chi connectivity index (χ2n) is 23.9. The Labute approximate surface area is 472 Å². The van der Waals surface area contributed by atoms with E-state index in [1.54, 1.807) is 0 Å². The first-order valence-corrected chi connectivity index (χ1v) is 34.6. The van der Waals surface area contributed by atoms with E-state index >= 15 is 0 Å². The third-order valence-electron chi connectivity index (χ3n) is 15.0. The van der Waals surface area contributed by atoms with Crippen LogP contribution in [0.3, 0.4) is 0 Å². The van der Waals surface area contributed by atoms with Gasteiger partial charge in [0.1, 0.15) is 19.8 Å². The minimum Gasteiger partial charge on any atom is -0.462 e. The molecule has 9 nitrogen and oxygen atoms in total. The molecular formula is C66H129NO8P+. The molecule has 0 heterocycles. The second-order valence-corrected chi connectivity index (χ2v) is 25.3. The van der Waals surface area contributed by atoms with Crippen molar-refractivity contribution in [1.29, 1.82) is 0 Å². The van der Waals surface area contributed by atoms with E-state index in [2.05, 4.69) is 38.2 Å².